The number of hydrogen-bond acceptors (Lipinski definition) is 7. The maximum Gasteiger partial charge on any atom is 0.415 e. The molecule has 2 heterocycles. The van der Waals surface area contributed by atoms with E-state index >= 15 is 0 Å². The minimum Gasteiger partial charge on any atom is -0.481 e. The van der Waals surface area contributed by atoms with Crippen molar-refractivity contribution in [1.82, 2.24) is 15.5 Å². The van der Waals surface area contributed by atoms with E-state index in [1.54, 1.807) is 7.05 Å². The van der Waals surface area contributed by atoms with Crippen molar-refractivity contribution < 1.29 is 33.4 Å². The van der Waals surface area contributed by atoms with Crippen LogP contribution < -0.4 is 25.8 Å². The van der Waals surface area contributed by atoms with Crippen molar-refractivity contribution in [2.75, 3.05) is 46.8 Å². The molecule has 45 heavy (non-hydrogen) atoms. The number of quaternary nitrogens is 1. The number of nitrogens with two attached hydrogens (primary N) is 1. The van der Waals surface area contributed by atoms with Crippen molar-refractivity contribution in [3.63, 3.8) is 0 Å². The number of likely N-dealkylation sites (tertiary alicyclic amines) is 1. The first-order valence-electron chi connectivity index (χ1n) is 16.7. The molecule has 5 N–H and O–H groups in total. The second-order valence-corrected chi connectivity index (χ2v) is 14.4. The van der Waals surface area contributed by atoms with E-state index in [4.69, 9.17) is 15.2 Å². The van der Waals surface area contributed by atoms with Gasteiger partial charge in [-0.3, -0.25) is 9.59 Å². The average Bonchev–Trinajstić information content (AvgIpc) is 3.72. The van der Waals surface area contributed by atoms with E-state index in [9.17, 15) is 19.5 Å². The molecular formula is C34H50N5O6+. The molecule has 3 amide bonds. The zero-order valence-corrected chi connectivity index (χ0v) is 27.0. The molecule has 11 nitrogen and oxygen atoms in total. The summed E-state index contributed by atoms with van der Waals surface area (Å²) in [6.45, 7) is 8.79. The smallest absolute Gasteiger partial charge is 0.415 e. The highest BCUT2D eigenvalue weighted by atomic mass is 16.6. The Morgan fingerprint density at radius 2 is 2.04 bits per heavy atom. The quantitative estimate of drug-likeness (QED) is 0.159. The fourth-order valence-electron chi connectivity index (χ4n) is 8.88. The van der Waals surface area contributed by atoms with Crippen molar-refractivity contribution in [2.24, 2.45) is 11.7 Å². The zero-order valence-electron chi connectivity index (χ0n) is 27.0. The number of nitrogens with one attached hydrogen (secondary N) is 2. The van der Waals surface area contributed by atoms with Gasteiger partial charge >= 0.3 is 6.09 Å². The average molecular weight is 625 g/mol. The summed E-state index contributed by atoms with van der Waals surface area (Å²) in [4.78, 5) is 39.0. The summed E-state index contributed by atoms with van der Waals surface area (Å²) in [5.41, 5.74) is 7.22. The number of piperidine rings is 1. The van der Waals surface area contributed by atoms with Gasteiger partial charge < -0.3 is 40.3 Å². The number of carbonyl (C=O) groups is 3. The van der Waals surface area contributed by atoms with E-state index < -0.39 is 23.2 Å². The molecular weight excluding hydrogens is 574 g/mol. The van der Waals surface area contributed by atoms with E-state index in [1.807, 2.05) is 6.07 Å². The molecule has 6 rings (SSSR count). The van der Waals surface area contributed by atoms with Gasteiger partial charge in [-0.25, -0.2) is 4.79 Å². The lowest BCUT2D eigenvalue weighted by Gasteiger charge is -2.65. The largest absolute Gasteiger partial charge is 0.481 e. The van der Waals surface area contributed by atoms with Gasteiger partial charge in [-0.2, -0.15) is 0 Å². The molecule has 11 heteroatoms. The summed E-state index contributed by atoms with van der Waals surface area (Å²) in [6, 6.07) is 3.32. The number of carbonyl (C=O) groups excluding carboxylic acids is 3. The maximum absolute atomic E-state index is 13.3. The van der Waals surface area contributed by atoms with Crippen LogP contribution in [-0.4, -0.2) is 103 Å². The van der Waals surface area contributed by atoms with E-state index in [0.717, 1.165) is 60.3 Å². The topological polar surface area (TPSA) is 143 Å². The van der Waals surface area contributed by atoms with Crippen LogP contribution in [0.3, 0.4) is 0 Å². The number of ether oxygens (including phenoxy) is 2. The minimum atomic E-state index is -0.921. The van der Waals surface area contributed by atoms with Gasteiger partial charge in [-0.15, -0.1) is 0 Å². The predicted molar refractivity (Wildman–Crippen MR) is 169 cm³/mol. The van der Waals surface area contributed by atoms with Crippen LogP contribution in [0.25, 0.3) is 0 Å². The Kier molecular flexibility index (Phi) is 8.41. The van der Waals surface area contributed by atoms with Crippen LogP contribution >= 0.6 is 0 Å². The maximum atomic E-state index is 13.3. The van der Waals surface area contributed by atoms with Crippen LogP contribution in [-0.2, 0) is 21.4 Å². The molecule has 5 aliphatic rings. The number of rotatable bonds is 12. The van der Waals surface area contributed by atoms with Crippen molar-refractivity contribution in [3.8, 4) is 11.5 Å². The van der Waals surface area contributed by atoms with Crippen LogP contribution in [0, 0.1) is 5.92 Å². The van der Waals surface area contributed by atoms with Gasteiger partial charge in [0.15, 0.2) is 11.5 Å². The summed E-state index contributed by atoms with van der Waals surface area (Å²) in [6.07, 6.45) is 6.58. The molecule has 2 bridgehead atoms. The summed E-state index contributed by atoms with van der Waals surface area (Å²) < 4.78 is 13.5. The van der Waals surface area contributed by atoms with E-state index in [2.05, 4.69) is 30.3 Å². The van der Waals surface area contributed by atoms with Gasteiger partial charge in [-0.05, 0) is 68.7 Å². The predicted octanol–water partition coefficient (Wildman–Crippen LogP) is 2.13. The van der Waals surface area contributed by atoms with Gasteiger partial charge in [0.2, 0.25) is 11.8 Å². The molecule has 3 aliphatic carbocycles. The van der Waals surface area contributed by atoms with E-state index in [1.165, 1.54) is 30.2 Å². The number of nitrogens with zero attached hydrogens (tertiary/aromatic N) is 2. The van der Waals surface area contributed by atoms with Crippen LogP contribution in [0.5, 0.6) is 11.5 Å². The SMILES string of the molecule is C=C1CC[C@@]2(O)[C@@H]3Cc4ccc(OC(=O)N(C)CCNC(=O)[C@H](CCCCN)NC(C)=O)c5c4[C@@]2(CC[N+]3(C)CC2CC2)[C@H]1O5. The van der Waals surface area contributed by atoms with Crippen LogP contribution in [0.1, 0.15) is 69.4 Å². The molecule has 2 aliphatic heterocycles. The fourth-order valence-corrected chi connectivity index (χ4v) is 8.88. The standard InChI is InChI=1S/C34H49N5O6/c1-21-12-13-34(43)27-19-24-10-11-26(29-28(24)33(34,30(21)45-29)14-18-39(27,4)20-23-8-9-23)44-32(42)38(3)17-16-36-31(41)25(37-22(2)40)7-5-6-15-35/h10-11,23,25,27,30,43H,1,5-9,12-20,35H2,2-4H3,(H-,36,37,40,41)/p+1/t25-,27-,30-,33-,34+,39?/m0/s1. The van der Waals surface area contributed by atoms with Gasteiger partial charge in [0.1, 0.15) is 23.8 Å². The number of benzene rings is 1. The Morgan fingerprint density at radius 1 is 1.27 bits per heavy atom. The highest BCUT2D eigenvalue weighted by molar-refractivity contribution is 5.86. The Labute approximate surface area is 266 Å². The molecule has 0 aromatic heterocycles. The summed E-state index contributed by atoms with van der Waals surface area (Å²) in [7, 11) is 3.95. The molecule has 1 aromatic carbocycles. The van der Waals surface area contributed by atoms with E-state index in [0.29, 0.717) is 37.3 Å². The monoisotopic (exact) mass is 624 g/mol. The minimum absolute atomic E-state index is 0.0881. The third-order valence-corrected chi connectivity index (χ3v) is 11.3. The number of amides is 3. The van der Waals surface area contributed by atoms with Gasteiger partial charge in [0.25, 0.3) is 0 Å². The lowest BCUT2D eigenvalue weighted by Crippen LogP contribution is -2.80. The Morgan fingerprint density at radius 3 is 2.76 bits per heavy atom. The first kappa shape index (κ1) is 31.8. The first-order chi connectivity index (χ1) is 21.4. The highest BCUT2D eigenvalue weighted by Crippen LogP contribution is 2.67. The van der Waals surface area contributed by atoms with E-state index in [-0.39, 0.29) is 37.0 Å². The Hall–Kier alpha value is -3.15. The normalized spacial score (nSPS) is 31.4. The zero-order chi connectivity index (χ0) is 32.1. The van der Waals surface area contributed by atoms with Crippen molar-refractivity contribution >= 4 is 17.9 Å². The number of hydrogen-bond donors (Lipinski definition) is 4. The van der Waals surface area contributed by atoms with Crippen molar-refractivity contribution in [2.45, 2.75) is 93.9 Å². The fraction of sp³-hybridized carbons (Fsp3) is 0.676. The molecule has 0 radical (unpaired) electrons. The third kappa shape index (κ3) is 5.40. The lowest BCUT2D eigenvalue weighted by molar-refractivity contribution is -0.950. The Bertz CT molecular complexity index is 1380. The number of likely N-dealkylation sites (N-methyl/N-ethyl adjacent to an activating group) is 2. The summed E-state index contributed by atoms with van der Waals surface area (Å²) >= 11 is 0. The summed E-state index contributed by atoms with van der Waals surface area (Å²) in [5.74, 6) is 1.08. The van der Waals surface area contributed by atoms with Gasteiger partial charge in [0, 0.05) is 51.4 Å². The van der Waals surface area contributed by atoms with Gasteiger partial charge in [-0.1, -0.05) is 12.6 Å². The summed E-state index contributed by atoms with van der Waals surface area (Å²) in [5, 5.41) is 18.2. The first-order valence-corrected chi connectivity index (χ1v) is 16.7. The molecule has 1 aromatic rings. The molecule has 3 fully saturated rings. The van der Waals surface area contributed by atoms with Crippen LogP contribution in [0.15, 0.2) is 24.3 Å². The molecule has 246 valence electrons. The third-order valence-electron chi connectivity index (χ3n) is 11.3. The Balaban J connectivity index is 1.16. The second kappa shape index (κ2) is 11.9. The molecule has 1 spiro atoms. The number of aliphatic hydroxyl groups is 1. The lowest BCUT2D eigenvalue weighted by atomic mass is 9.48. The van der Waals surface area contributed by atoms with Gasteiger partial charge in [0.05, 0.1) is 25.6 Å². The van der Waals surface area contributed by atoms with Crippen LogP contribution in [0.2, 0.25) is 0 Å². The molecule has 6 atom stereocenters. The molecule has 1 unspecified atom stereocenters. The van der Waals surface area contributed by atoms with Crippen molar-refractivity contribution in [1.29, 1.82) is 0 Å². The molecule has 1 saturated heterocycles. The number of unbranched alkanes of at least 4 members (excludes halogenated alkanes) is 1. The molecule has 2 saturated carbocycles. The second-order valence-electron chi connectivity index (χ2n) is 14.4. The van der Waals surface area contributed by atoms with Crippen LogP contribution in [0.4, 0.5) is 4.79 Å². The highest BCUT2D eigenvalue weighted by Gasteiger charge is 2.75. The van der Waals surface area contributed by atoms with Crippen molar-refractivity contribution in [3.05, 3.63) is 35.4 Å².